The molecule has 0 saturated heterocycles. The first-order chi connectivity index (χ1) is 45.3. The second-order valence-corrected chi connectivity index (χ2v) is 26.7. The van der Waals surface area contributed by atoms with Gasteiger partial charge in [0.15, 0.2) is 0 Å². The number of carbonyl (C=O) groups excluding carboxylic acids is 6. The number of hydrogen-bond acceptors (Lipinski definition) is 8. The summed E-state index contributed by atoms with van der Waals surface area (Å²) >= 11 is 0. The SMILES string of the molecule is C=CC(=O)NCCOc1cc(C(C)C)c(N2C(=O)c3ccc4c5c(ccc(c35)C2=O)-c2cc3cc5c(cc3cc2-4)/C=C\c2cc3cc4c(cc3cc2CC5)-c2ccc3c5c(ccc-4c25)C(=O)N(c2c(C(C)C)cc(OCCNC(=O)C=C)cc2C(C)C)C3=O)c(C(C)C)c1. The third-order valence-corrected chi connectivity index (χ3v) is 19.7. The summed E-state index contributed by atoms with van der Waals surface area (Å²) < 4.78 is 12.3. The van der Waals surface area contributed by atoms with Crippen LogP contribution in [-0.4, -0.2) is 61.7 Å². The van der Waals surface area contributed by atoms with Crippen LogP contribution in [0.5, 0.6) is 11.5 Å². The van der Waals surface area contributed by atoms with Gasteiger partial charge in [0.1, 0.15) is 24.7 Å². The molecule has 5 aliphatic rings. The zero-order valence-electron chi connectivity index (χ0n) is 54.0. The van der Waals surface area contributed by atoms with Crippen LogP contribution < -0.4 is 29.9 Å². The summed E-state index contributed by atoms with van der Waals surface area (Å²) in [6, 6.07) is 41.8. The Morgan fingerprint density at radius 2 is 0.681 bits per heavy atom. The van der Waals surface area contributed by atoms with Gasteiger partial charge in [0.2, 0.25) is 11.8 Å². The normalized spacial score (nSPS) is 14.3. The fourth-order valence-corrected chi connectivity index (χ4v) is 15.2. The topological polar surface area (TPSA) is 151 Å². The smallest absolute Gasteiger partial charge is 0.266 e. The van der Waals surface area contributed by atoms with Gasteiger partial charge in [0, 0.05) is 33.0 Å². The number of aryl methyl sites for hydroxylation is 2. The Morgan fingerprint density at radius 3 is 0.968 bits per heavy atom. The van der Waals surface area contributed by atoms with Crippen LogP contribution >= 0.6 is 0 Å². The van der Waals surface area contributed by atoms with E-state index in [2.05, 4.69) is 109 Å². The average Bonchev–Trinajstić information content (AvgIpc) is 1.50. The summed E-state index contributed by atoms with van der Waals surface area (Å²) in [5.74, 6) is -1.01. The highest BCUT2D eigenvalue weighted by Gasteiger charge is 2.42. The molecule has 12 heteroatoms. The second-order valence-electron chi connectivity index (χ2n) is 26.7. The van der Waals surface area contributed by atoms with Gasteiger partial charge in [-0.1, -0.05) is 117 Å². The van der Waals surface area contributed by atoms with E-state index in [9.17, 15) is 9.59 Å². The maximum absolute atomic E-state index is 15.1. The van der Waals surface area contributed by atoms with Crippen molar-refractivity contribution in [2.75, 3.05) is 36.1 Å². The molecule has 0 fully saturated rings. The van der Waals surface area contributed by atoms with Crippen LogP contribution in [0.15, 0.2) is 147 Å². The van der Waals surface area contributed by atoms with E-state index >= 15 is 19.2 Å². The van der Waals surface area contributed by atoms with Crippen molar-refractivity contribution in [2.45, 2.75) is 91.9 Å². The van der Waals surface area contributed by atoms with Crippen LogP contribution in [0.3, 0.4) is 0 Å². The maximum Gasteiger partial charge on any atom is 0.266 e. The van der Waals surface area contributed by atoms with Crippen molar-refractivity contribution in [3.63, 3.8) is 0 Å². The summed E-state index contributed by atoms with van der Waals surface area (Å²) in [6.45, 7) is 24.5. The molecule has 2 N–H and O–H groups in total. The lowest BCUT2D eigenvalue weighted by Gasteiger charge is -2.33. The van der Waals surface area contributed by atoms with E-state index in [1.54, 1.807) is 0 Å². The molecule has 3 aliphatic carbocycles. The fourth-order valence-electron chi connectivity index (χ4n) is 15.2. The molecule has 94 heavy (non-hydrogen) atoms. The number of rotatable bonds is 16. The van der Waals surface area contributed by atoms with E-state index < -0.39 is 0 Å². The van der Waals surface area contributed by atoms with Gasteiger partial charge in [-0.3, -0.25) is 28.8 Å². The summed E-state index contributed by atoms with van der Waals surface area (Å²) in [4.78, 5) is 86.8. The summed E-state index contributed by atoms with van der Waals surface area (Å²) in [7, 11) is 0. The number of amides is 6. The molecule has 6 amide bonds. The third-order valence-electron chi connectivity index (χ3n) is 19.7. The molecule has 0 saturated carbocycles. The van der Waals surface area contributed by atoms with Crippen molar-refractivity contribution in [1.82, 2.24) is 10.6 Å². The van der Waals surface area contributed by atoms with E-state index in [0.29, 0.717) is 69.0 Å². The van der Waals surface area contributed by atoms with Crippen molar-refractivity contribution in [3.05, 3.63) is 213 Å². The first kappa shape index (κ1) is 59.6. The molecule has 0 spiro atoms. The average molecular weight is 1240 g/mol. The molecular formula is C82H70N4O8. The van der Waals surface area contributed by atoms with Crippen molar-refractivity contribution in [2.24, 2.45) is 0 Å². The van der Waals surface area contributed by atoms with E-state index in [-0.39, 0.29) is 72.3 Å². The molecule has 12 nitrogen and oxygen atoms in total. The highest BCUT2D eigenvalue weighted by atomic mass is 16.5. The fraction of sp³-hybridized carbons (Fsp3) is 0.220. The minimum Gasteiger partial charge on any atom is -0.492 e. The maximum atomic E-state index is 15.1. The molecule has 2 aliphatic heterocycles. The van der Waals surface area contributed by atoms with Crippen LogP contribution in [0.2, 0.25) is 0 Å². The summed E-state index contributed by atoms with van der Waals surface area (Å²) in [5.41, 5.74) is 19.5. The van der Waals surface area contributed by atoms with Crippen molar-refractivity contribution in [3.8, 4) is 56.0 Å². The minimum absolute atomic E-state index is 0.0588. The minimum atomic E-state index is -0.355. The Balaban J connectivity index is 0.728. The van der Waals surface area contributed by atoms with Gasteiger partial charge in [-0.2, -0.15) is 0 Å². The largest absolute Gasteiger partial charge is 0.492 e. The first-order valence-corrected chi connectivity index (χ1v) is 32.6. The number of imide groups is 2. The molecule has 10 aromatic rings. The molecule has 0 bridgehead atoms. The number of nitrogens with zero attached hydrogens (tertiary/aromatic N) is 2. The zero-order valence-corrected chi connectivity index (χ0v) is 54.0. The molecule has 0 atom stereocenters. The van der Waals surface area contributed by atoms with Gasteiger partial charge < -0.3 is 20.1 Å². The van der Waals surface area contributed by atoms with E-state index in [4.69, 9.17) is 9.47 Å². The van der Waals surface area contributed by atoms with Crippen LogP contribution in [0.1, 0.15) is 165 Å². The number of carbonyl (C=O) groups is 6. The predicted octanol–water partition coefficient (Wildman–Crippen LogP) is 17.3. The van der Waals surface area contributed by atoms with Gasteiger partial charge in [0.05, 0.1) is 24.5 Å². The summed E-state index contributed by atoms with van der Waals surface area (Å²) in [5, 5.41) is 13.2. The lowest BCUT2D eigenvalue weighted by Crippen LogP contribution is -2.41. The molecule has 0 unspecified atom stereocenters. The molecule has 15 rings (SSSR count). The van der Waals surface area contributed by atoms with Gasteiger partial charge in [-0.05, 0) is 255 Å². The monoisotopic (exact) mass is 1240 g/mol. The third kappa shape index (κ3) is 9.30. The van der Waals surface area contributed by atoms with Gasteiger partial charge in [0.25, 0.3) is 23.6 Å². The lowest BCUT2D eigenvalue weighted by atomic mass is 9.87. The molecule has 0 aromatic heterocycles. The van der Waals surface area contributed by atoms with E-state index in [0.717, 1.165) is 123 Å². The second kappa shape index (κ2) is 22.5. The van der Waals surface area contributed by atoms with E-state index in [1.165, 1.54) is 33.1 Å². The van der Waals surface area contributed by atoms with Gasteiger partial charge >= 0.3 is 0 Å². The lowest BCUT2D eigenvalue weighted by molar-refractivity contribution is -0.117. The number of nitrogens with one attached hydrogen (secondary N) is 2. The van der Waals surface area contributed by atoms with Crippen LogP contribution in [-0.2, 0) is 22.4 Å². The first-order valence-electron chi connectivity index (χ1n) is 32.6. The standard InChI is InChI=1S/C82H70N4O8/c1-11-71(87)83-25-27-93-53-37-63(41(3)4)77(64(38-53)42(5)6)85-79(89)59-21-17-55-67-33-49-29-45-13-15-47-31-51-35-69-57-19-23-61-76-62(82(92)86(81(61)91)78-65(43(7)8)39-54(40-66(78)44(9)10)94-28-26-84-72(88)12-2)24-20-58(74(57)76)70(69)36-52(51)32-48(47)16-14-46(45)30-50(49)34-68(67)56-18-22-60(80(85)90)75(59)73(55)56/h11-13,15,17-24,29-44H,1-2,14,16,25-28H2,3-10H3,(H,83,87)(H,84,88)/b15-13-. The summed E-state index contributed by atoms with van der Waals surface area (Å²) in [6.07, 6.45) is 8.57. The van der Waals surface area contributed by atoms with Crippen LogP contribution in [0.25, 0.3) is 99.7 Å². The van der Waals surface area contributed by atoms with Crippen LogP contribution in [0.4, 0.5) is 11.4 Å². The van der Waals surface area contributed by atoms with Gasteiger partial charge in [-0.15, -0.1) is 0 Å². The Kier molecular flexibility index (Phi) is 14.3. The Hall–Kier alpha value is -10.7. The quantitative estimate of drug-likeness (QED) is 0.0551. The van der Waals surface area contributed by atoms with Crippen molar-refractivity contribution < 1.29 is 38.2 Å². The zero-order chi connectivity index (χ0) is 65.4. The highest BCUT2D eigenvalue weighted by Crippen LogP contribution is 2.55. The number of hydrogen-bond donors (Lipinski definition) is 2. The van der Waals surface area contributed by atoms with Gasteiger partial charge in [-0.25, -0.2) is 9.80 Å². The Labute approximate surface area is 545 Å². The van der Waals surface area contributed by atoms with Crippen LogP contribution in [0, 0.1) is 0 Å². The molecule has 2 heterocycles. The molecular weight excluding hydrogens is 1170 g/mol. The number of fused-ring (bicyclic) bond motifs is 10. The molecule has 466 valence electrons. The number of benzene rings is 10. The molecule has 0 radical (unpaired) electrons. The van der Waals surface area contributed by atoms with Crippen molar-refractivity contribution >= 4 is 102 Å². The Bertz CT molecular complexity index is 4750. The number of anilines is 2. The van der Waals surface area contributed by atoms with E-state index in [1.807, 2.05) is 104 Å². The Morgan fingerprint density at radius 1 is 0.404 bits per heavy atom. The van der Waals surface area contributed by atoms with Crippen molar-refractivity contribution in [1.29, 1.82) is 0 Å². The number of ether oxygens (including phenoxy) is 2. The molecule has 10 aromatic carbocycles. The highest BCUT2D eigenvalue weighted by molar-refractivity contribution is 6.40. The predicted molar refractivity (Wildman–Crippen MR) is 377 cm³/mol.